The Balaban J connectivity index is 1.18. The Morgan fingerprint density at radius 3 is 1.46 bits per heavy atom. The van der Waals surface area contributed by atoms with Crippen LogP contribution in [0.4, 0.5) is 60.5 Å². The molecule has 0 spiro atoms. The van der Waals surface area contributed by atoms with Gasteiger partial charge in [-0.2, -0.15) is 26.3 Å². The van der Waals surface area contributed by atoms with Crippen molar-refractivity contribution in [1.29, 1.82) is 0 Å². The molecular formula is C54H35F6N3. The Hall–Kier alpha value is -7.52. The minimum atomic E-state index is -4.48. The summed E-state index contributed by atoms with van der Waals surface area (Å²) in [5, 5.41) is 8.06. The van der Waals surface area contributed by atoms with E-state index in [1.165, 1.54) is 24.3 Å². The Bertz CT molecular complexity index is 3570. The number of para-hydroxylation sites is 2. The van der Waals surface area contributed by atoms with Gasteiger partial charge in [-0.15, -0.1) is 0 Å². The molecule has 2 heterocycles. The van der Waals surface area contributed by atoms with Crippen molar-refractivity contribution in [2.75, 3.05) is 9.80 Å². The second-order valence-electron chi connectivity index (χ2n) is 16.1. The molecule has 3 nitrogen and oxygen atoms in total. The van der Waals surface area contributed by atoms with Gasteiger partial charge in [0.15, 0.2) is 0 Å². The molecule has 0 aliphatic heterocycles. The van der Waals surface area contributed by atoms with Gasteiger partial charge in [-0.3, -0.25) is 0 Å². The van der Waals surface area contributed by atoms with Crippen LogP contribution >= 0.6 is 0 Å². The summed E-state index contributed by atoms with van der Waals surface area (Å²) in [6, 6.07) is 53.6. The highest BCUT2D eigenvalue weighted by Crippen LogP contribution is 2.50. The van der Waals surface area contributed by atoms with Crippen molar-refractivity contribution in [3.63, 3.8) is 0 Å². The van der Waals surface area contributed by atoms with Crippen molar-refractivity contribution in [3.05, 3.63) is 198 Å². The summed E-state index contributed by atoms with van der Waals surface area (Å²) in [6.07, 6.45) is -8.94. The van der Waals surface area contributed by atoms with Crippen LogP contribution in [0.25, 0.3) is 59.6 Å². The molecule has 0 unspecified atom stereocenters. The predicted molar refractivity (Wildman–Crippen MR) is 245 cm³/mol. The van der Waals surface area contributed by atoms with Crippen LogP contribution in [-0.4, -0.2) is 4.40 Å². The van der Waals surface area contributed by atoms with Gasteiger partial charge in [0.1, 0.15) is 0 Å². The van der Waals surface area contributed by atoms with Crippen LogP contribution in [0.15, 0.2) is 176 Å². The number of alkyl halides is 6. The summed E-state index contributed by atoms with van der Waals surface area (Å²) in [4.78, 5) is 4.04. The van der Waals surface area contributed by atoms with E-state index in [-0.39, 0.29) is 0 Å². The molecule has 0 aliphatic rings. The maximum atomic E-state index is 13.9. The third-order valence-corrected chi connectivity index (χ3v) is 12.3. The molecule has 0 bridgehead atoms. The SMILES string of the molecule is Cc1ccccc1N(c1ccc(C(F)(F)F)cc1)c1ccc2cc3c4ccc(N(c5ccc(C(F)(F)F)cc5)c5ccccc5C)c5c6cc7ccccc7cc6n(c3cc2c1)c45. The van der Waals surface area contributed by atoms with E-state index in [1.54, 1.807) is 0 Å². The molecule has 2 aromatic heterocycles. The molecule has 63 heavy (non-hydrogen) atoms. The second kappa shape index (κ2) is 14.0. The maximum Gasteiger partial charge on any atom is 0.416 e. The largest absolute Gasteiger partial charge is 0.416 e. The molecule has 308 valence electrons. The Morgan fingerprint density at radius 2 is 0.857 bits per heavy atom. The molecule has 11 rings (SSSR count). The molecule has 0 atom stereocenters. The molecule has 0 radical (unpaired) electrons. The van der Waals surface area contributed by atoms with Gasteiger partial charge in [-0.25, -0.2) is 0 Å². The minimum absolute atomic E-state index is 0.592. The average Bonchev–Trinajstić information content (AvgIpc) is 3.77. The maximum absolute atomic E-state index is 13.9. The number of aromatic nitrogens is 1. The first-order valence-electron chi connectivity index (χ1n) is 20.5. The molecule has 0 saturated carbocycles. The van der Waals surface area contributed by atoms with Crippen LogP contribution in [-0.2, 0) is 12.4 Å². The number of hydrogen-bond acceptors (Lipinski definition) is 2. The number of halogens is 6. The highest BCUT2D eigenvalue weighted by atomic mass is 19.4. The standard InChI is InChI=1S/C54H35F6N3/c1-32-9-3-7-13-46(32)61(40-21-16-38(17-22-40)53(55,56)57)42-20-15-36-28-44-43-25-26-48(62(47-14-8-4-10-33(47)2)41-23-18-39(19-24-41)54(58,59)60)51-45-29-34-11-5-6-12-35(34)30-50(45)63(52(43)51)49(44)31-37(36)27-42/h3-31H,1-2H3. The third kappa shape index (κ3) is 6.21. The van der Waals surface area contributed by atoms with Gasteiger partial charge < -0.3 is 14.2 Å². The van der Waals surface area contributed by atoms with Gasteiger partial charge in [-0.05, 0) is 150 Å². The highest BCUT2D eigenvalue weighted by molar-refractivity contribution is 6.29. The van der Waals surface area contributed by atoms with Gasteiger partial charge in [0, 0.05) is 50.0 Å². The van der Waals surface area contributed by atoms with Crippen molar-refractivity contribution in [2.24, 2.45) is 0 Å². The summed E-state index contributed by atoms with van der Waals surface area (Å²) in [5.74, 6) is 0. The van der Waals surface area contributed by atoms with E-state index < -0.39 is 23.5 Å². The lowest BCUT2D eigenvalue weighted by Crippen LogP contribution is -2.12. The van der Waals surface area contributed by atoms with Crippen LogP contribution < -0.4 is 9.80 Å². The molecule has 0 fully saturated rings. The van der Waals surface area contributed by atoms with E-state index in [2.05, 4.69) is 70.0 Å². The normalized spacial score (nSPS) is 12.4. The summed E-state index contributed by atoms with van der Waals surface area (Å²) in [6.45, 7) is 3.98. The number of rotatable bonds is 6. The Morgan fingerprint density at radius 1 is 0.381 bits per heavy atom. The summed E-state index contributed by atoms with van der Waals surface area (Å²) < 4.78 is 84.9. The number of aryl methyl sites for hydroxylation is 2. The minimum Gasteiger partial charge on any atom is -0.310 e. The molecule has 9 aromatic carbocycles. The summed E-state index contributed by atoms with van der Waals surface area (Å²) >= 11 is 0. The zero-order valence-electron chi connectivity index (χ0n) is 33.9. The second-order valence-corrected chi connectivity index (χ2v) is 16.1. The summed E-state index contributed by atoms with van der Waals surface area (Å²) in [7, 11) is 0. The molecule has 9 heteroatoms. The fourth-order valence-electron chi connectivity index (χ4n) is 9.34. The smallest absolute Gasteiger partial charge is 0.310 e. The fourth-order valence-corrected chi connectivity index (χ4v) is 9.34. The van der Waals surface area contributed by atoms with Crippen molar-refractivity contribution in [1.82, 2.24) is 4.40 Å². The lowest BCUT2D eigenvalue weighted by atomic mass is 10.00. The highest BCUT2D eigenvalue weighted by Gasteiger charge is 2.32. The van der Waals surface area contributed by atoms with Crippen LogP contribution in [0.5, 0.6) is 0 Å². The van der Waals surface area contributed by atoms with Gasteiger partial charge in [0.25, 0.3) is 0 Å². The van der Waals surface area contributed by atoms with Crippen molar-refractivity contribution in [2.45, 2.75) is 26.2 Å². The molecule has 0 saturated heterocycles. The first-order chi connectivity index (χ1) is 30.3. The zero-order chi connectivity index (χ0) is 43.4. The van der Waals surface area contributed by atoms with E-state index in [4.69, 9.17) is 0 Å². The number of nitrogens with zero attached hydrogens (tertiary/aromatic N) is 3. The van der Waals surface area contributed by atoms with Crippen molar-refractivity contribution >= 4 is 93.8 Å². The first kappa shape index (κ1) is 38.4. The topological polar surface area (TPSA) is 10.9 Å². The van der Waals surface area contributed by atoms with Crippen molar-refractivity contribution < 1.29 is 26.3 Å². The molecule has 0 N–H and O–H groups in total. The molecular weight excluding hydrogens is 805 g/mol. The van der Waals surface area contributed by atoms with Gasteiger partial charge >= 0.3 is 12.4 Å². The van der Waals surface area contributed by atoms with E-state index in [9.17, 15) is 26.3 Å². The molecule has 0 aliphatic carbocycles. The zero-order valence-corrected chi connectivity index (χ0v) is 33.9. The number of anilines is 6. The summed E-state index contributed by atoms with van der Waals surface area (Å²) in [5.41, 5.74) is 7.90. The third-order valence-electron chi connectivity index (χ3n) is 12.3. The van der Waals surface area contributed by atoms with E-state index in [0.717, 1.165) is 118 Å². The van der Waals surface area contributed by atoms with E-state index in [1.807, 2.05) is 85.5 Å². The van der Waals surface area contributed by atoms with Crippen molar-refractivity contribution in [3.8, 4) is 0 Å². The first-order valence-corrected chi connectivity index (χ1v) is 20.5. The van der Waals surface area contributed by atoms with Gasteiger partial charge in [-0.1, -0.05) is 72.8 Å². The Labute approximate surface area is 357 Å². The number of fused-ring (bicyclic) bond motifs is 8. The average molecular weight is 840 g/mol. The van der Waals surface area contributed by atoms with Crippen LogP contribution in [0.2, 0.25) is 0 Å². The lowest BCUT2D eigenvalue weighted by molar-refractivity contribution is -0.138. The lowest BCUT2D eigenvalue weighted by Gasteiger charge is -2.28. The predicted octanol–water partition coefficient (Wildman–Crippen LogP) is 16.7. The fraction of sp³-hybridized carbons (Fsp3) is 0.0741. The van der Waals surface area contributed by atoms with E-state index in [0.29, 0.717) is 11.4 Å². The van der Waals surface area contributed by atoms with Gasteiger partial charge in [0.05, 0.1) is 33.4 Å². The van der Waals surface area contributed by atoms with Crippen LogP contribution in [0, 0.1) is 13.8 Å². The van der Waals surface area contributed by atoms with Gasteiger partial charge in [0.2, 0.25) is 0 Å². The number of hydrogen-bond donors (Lipinski definition) is 0. The van der Waals surface area contributed by atoms with Crippen LogP contribution in [0.1, 0.15) is 22.3 Å². The molecule has 0 amide bonds. The number of benzene rings is 9. The Kier molecular flexibility index (Phi) is 8.54. The van der Waals surface area contributed by atoms with Crippen LogP contribution in [0.3, 0.4) is 0 Å². The monoisotopic (exact) mass is 839 g/mol. The van der Waals surface area contributed by atoms with E-state index >= 15 is 0 Å². The quantitative estimate of drug-likeness (QED) is 0.155. The molecule has 11 aromatic rings.